The largest absolute Gasteiger partial charge is 0.430 e. The quantitative estimate of drug-likeness (QED) is 0.375. The zero-order chi connectivity index (χ0) is 16.2. The minimum Gasteiger partial charge on any atom is -0.416 e. The van der Waals surface area contributed by atoms with Crippen LogP contribution in [0.2, 0.25) is 0 Å². The molecule has 2 aromatic rings. The molecule has 22 heavy (non-hydrogen) atoms. The van der Waals surface area contributed by atoms with Crippen molar-refractivity contribution in [1.29, 1.82) is 0 Å². The molecule has 0 saturated heterocycles. The molecule has 1 unspecified atom stereocenters. The molecule has 0 spiro atoms. The molecule has 7 nitrogen and oxygen atoms in total. The third-order valence-corrected chi connectivity index (χ3v) is 4.56. The lowest BCUT2D eigenvalue weighted by Gasteiger charge is -2.18. The van der Waals surface area contributed by atoms with E-state index < -0.39 is 12.5 Å². The summed E-state index contributed by atoms with van der Waals surface area (Å²) in [5.74, 6) is 0.618. The standard InChI is InChI=1S/C14H15N2O5P/c1-2-22(19,20-13-7-3-11(15)4-8-13)21-14-9-5-12(6-10-14)16(17)18/h3-10H,2,15H2,1H3. The molecule has 0 bridgehead atoms. The zero-order valence-corrected chi connectivity index (χ0v) is 12.7. The first-order chi connectivity index (χ1) is 10.4. The van der Waals surface area contributed by atoms with Gasteiger partial charge in [-0.1, -0.05) is 6.92 Å². The minimum atomic E-state index is -3.41. The first kappa shape index (κ1) is 15.9. The predicted octanol–water partition coefficient (Wildman–Crippen LogP) is 3.85. The highest BCUT2D eigenvalue weighted by Gasteiger charge is 2.25. The van der Waals surface area contributed by atoms with Gasteiger partial charge < -0.3 is 14.8 Å². The number of non-ortho nitro benzene ring substituents is 1. The normalized spacial score (nSPS) is 13.1. The number of nitrogens with two attached hydrogens (primary N) is 1. The molecule has 0 radical (unpaired) electrons. The number of hydrogen-bond acceptors (Lipinski definition) is 6. The van der Waals surface area contributed by atoms with Gasteiger partial charge in [0, 0.05) is 17.8 Å². The Morgan fingerprint density at radius 2 is 1.50 bits per heavy atom. The van der Waals surface area contributed by atoms with Gasteiger partial charge in [0.25, 0.3) is 5.69 Å². The van der Waals surface area contributed by atoms with Crippen LogP contribution in [-0.4, -0.2) is 11.1 Å². The Kier molecular flexibility index (Phi) is 4.68. The second-order valence-electron chi connectivity index (χ2n) is 4.43. The molecular weight excluding hydrogens is 307 g/mol. The van der Waals surface area contributed by atoms with Gasteiger partial charge in [0.15, 0.2) is 0 Å². The van der Waals surface area contributed by atoms with Gasteiger partial charge in [-0.3, -0.25) is 10.1 Å². The highest BCUT2D eigenvalue weighted by atomic mass is 31.2. The molecule has 116 valence electrons. The monoisotopic (exact) mass is 322 g/mol. The molecule has 0 aliphatic carbocycles. The fourth-order valence-corrected chi connectivity index (χ4v) is 2.81. The molecule has 0 fully saturated rings. The minimum absolute atomic E-state index is 0.0712. The Morgan fingerprint density at radius 3 is 1.91 bits per heavy atom. The van der Waals surface area contributed by atoms with E-state index in [1.54, 1.807) is 31.2 Å². The molecule has 0 aromatic heterocycles. The van der Waals surface area contributed by atoms with Crippen LogP contribution in [-0.2, 0) is 4.57 Å². The van der Waals surface area contributed by atoms with Gasteiger partial charge in [-0.2, -0.15) is 0 Å². The summed E-state index contributed by atoms with van der Waals surface area (Å²) in [6.07, 6.45) is 0.147. The van der Waals surface area contributed by atoms with Crippen molar-refractivity contribution in [1.82, 2.24) is 0 Å². The Hall–Kier alpha value is -2.53. The summed E-state index contributed by atoms with van der Waals surface area (Å²) in [4.78, 5) is 10.1. The number of nitro benzene ring substituents is 1. The maximum absolute atomic E-state index is 12.6. The Labute approximate surface area is 127 Å². The molecule has 0 aliphatic rings. The maximum atomic E-state index is 12.6. The fourth-order valence-electron chi connectivity index (χ4n) is 1.63. The Bertz CT molecular complexity index is 700. The van der Waals surface area contributed by atoms with E-state index in [1.807, 2.05) is 0 Å². The molecule has 8 heteroatoms. The van der Waals surface area contributed by atoms with Gasteiger partial charge in [0.05, 0.1) is 11.1 Å². The van der Waals surface area contributed by atoms with Crippen LogP contribution in [0.1, 0.15) is 6.92 Å². The summed E-state index contributed by atoms with van der Waals surface area (Å²) in [5, 5.41) is 10.6. The number of nitrogen functional groups attached to an aromatic ring is 1. The summed E-state index contributed by atoms with van der Waals surface area (Å²) in [7, 11) is -3.41. The van der Waals surface area contributed by atoms with Crippen LogP contribution in [0.15, 0.2) is 48.5 Å². The predicted molar refractivity (Wildman–Crippen MR) is 83.4 cm³/mol. The average Bonchev–Trinajstić information content (AvgIpc) is 2.50. The smallest absolute Gasteiger partial charge is 0.416 e. The van der Waals surface area contributed by atoms with Gasteiger partial charge >= 0.3 is 7.60 Å². The van der Waals surface area contributed by atoms with Crippen LogP contribution in [0, 0.1) is 10.1 Å². The molecular formula is C14H15N2O5P. The van der Waals surface area contributed by atoms with Gasteiger partial charge in [-0.15, -0.1) is 0 Å². The van der Waals surface area contributed by atoms with E-state index in [0.29, 0.717) is 11.4 Å². The van der Waals surface area contributed by atoms with E-state index in [0.717, 1.165) is 0 Å². The summed E-state index contributed by atoms with van der Waals surface area (Å²) < 4.78 is 23.4. The lowest BCUT2D eigenvalue weighted by molar-refractivity contribution is -0.384. The SMILES string of the molecule is CCP(=O)(Oc1ccc(N)cc1)Oc1ccc([N+](=O)[O-])cc1. The third kappa shape index (κ3) is 3.99. The Balaban J connectivity index is 2.14. The zero-order valence-electron chi connectivity index (χ0n) is 11.8. The van der Waals surface area contributed by atoms with Crippen molar-refractivity contribution in [2.75, 3.05) is 11.9 Å². The van der Waals surface area contributed by atoms with E-state index >= 15 is 0 Å². The van der Waals surface area contributed by atoms with Crippen molar-refractivity contribution in [3.63, 3.8) is 0 Å². The summed E-state index contributed by atoms with van der Waals surface area (Å²) >= 11 is 0. The van der Waals surface area contributed by atoms with Crippen LogP contribution < -0.4 is 14.8 Å². The van der Waals surface area contributed by atoms with Gasteiger partial charge in [-0.05, 0) is 36.4 Å². The van der Waals surface area contributed by atoms with Gasteiger partial charge in [-0.25, -0.2) is 4.57 Å². The highest BCUT2D eigenvalue weighted by Crippen LogP contribution is 2.48. The number of rotatable bonds is 6. The van der Waals surface area contributed by atoms with E-state index in [9.17, 15) is 14.7 Å². The summed E-state index contributed by atoms with van der Waals surface area (Å²) in [5.41, 5.74) is 6.07. The van der Waals surface area contributed by atoms with Crippen LogP contribution in [0.4, 0.5) is 11.4 Å². The first-order valence-electron chi connectivity index (χ1n) is 6.50. The van der Waals surface area contributed by atoms with E-state index in [1.165, 1.54) is 24.3 Å². The lowest BCUT2D eigenvalue weighted by atomic mass is 10.3. The number of hydrogen-bond donors (Lipinski definition) is 1. The highest BCUT2D eigenvalue weighted by molar-refractivity contribution is 7.54. The second kappa shape index (κ2) is 6.49. The molecule has 2 N–H and O–H groups in total. The third-order valence-electron chi connectivity index (χ3n) is 2.80. The molecule has 2 aromatic carbocycles. The number of anilines is 1. The first-order valence-corrected chi connectivity index (χ1v) is 8.23. The van der Waals surface area contributed by atoms with Crippen molar-refractivity contribution in [2.24, 2.45) is 0 Å². The lowest BCUT2D eigenvalue weighted by Crippen LogP contribution is -2.03. The van der Waals surface area contributed by atoms with Gasteiger partial charge in [0.1, 0.15) is 11.5 Å². The summed E-state index contributed by atoms with van der Waals surface area (Å²) in [6.45, 7) is 1.67. The number of nitro groups is 1. The van der Waals surface area contributed by atoms with Crippen molar-refractivity contribution >= 4 is 19.0 Å². The average molecular weight is 322 g/mol. The van der Waals surface area contributed by atoms with Crippen molar-refractivity contribution in [3.8, 4) is 11.5 Å². The van der Waals surface area contributed by atoms with Crippen molar-refractivity contribution in [2.45, 2.75) is 6.92 Å². The summed E-state index contributed by atoms with van der Waals surface area (Å²) in [6, 6.07) is 11.8. The molecule has 0 heterocycles. The van der Waals surface area contributed by atoms with E-state index in [-0.39, 0.29) is 17.6 Å². The molecule has 0 aliphatic heterocycles. The van der Waals surface area contributed by atoms with Crippen molar-refractivity contribution < 1.29 is 18.5 Å². The topological polar surface area (TPSA) is 105 Å². The van der Waals surface area contributed by atoms with Gasteiger partial charge in [0.2, 0.25) is 0 Å². The second-order valence-corrected chi connectivity index (χ2v) is 6.65. The Morgan fingerprint density at radius 1 is 1.05 bits per heavy atom. The van der Waals surface area contributed by atoms with Crippen LogP contribution in [0.25, 0.3) is 0 Å². The van der Waals surface area contributed by atoms with Crippen LogP contribution >= 0.6 is 7.60 Å². The maximum Gasteiger partial charge on any atom is 0.430 e. The molecule has 0 amide bonds. The van der Waals surface area contributed by atoms with Crippen LogP contribution in [0.5, 0.6) is 11.5 Å². The molecule has 0 saturated carbocycles. The van der Waals surface area contributed by atoms with Crippen molar-refractivity contribution in [3.05, 3.63) is 58.6 Å². The molecule has 1 atom stereocenters. The van der Waals surface area contributed by atoms with E-state index in [2.05, 4.69) is 0 Å². The fraction of sp³-hybridized carbons (Fsp3) is 0.143. The van der Waals surface area contributed by atoms with Crippen LogP contribution in [0.3, 0.4) is 0 Å². The molecule has 2 rings (SSSR count). The number of nitrogens with zero attached hydrogens (tertiary/aromatic N) is 1. The number of benzene rings is 2. The van der Waals surface area contributed by atoms with E-state index in [4.69, 9.17) is 14.8 Å².